The number of hydrogen-bond donors (Lipinski definition) is 0. The van der Waals surface area contributed by atoms with Crippen LogP contribution in [0.3, 0.4) is 0 Å². The lowest BCUT2D eigenvalue weighted by atomic mass is 10.0. The third-order valence-electron chi connectivity index (χ3n) is 3.81. The fourth-order valence-corrected chi connectivity index (χ4v) is 2.47. The Morgan fingerprint density at radius 3 is 1.92 bits per heavy atom. The summed E-state index contributed by atoms with van der Waals surface area (Å²) in [6.07, 6.45) is 0. The third-order valence-corrected chi connectivity index (χ3v) is 3.81. The van der Waals surface area contributed by atoms with Gasteiger partial charge in [-0.3, -0.25) is 0 Å². The molecule has 0 amide bonds. The van der Waals surface area contributed by atoms with Gasteiger partial charge in [0.1, 0.15) is 11.5 Å². The van der Waals surface area contributed by atoms with Crippen LogP contribution in [0, 0.1) is 11.3 Å². The number of hydrogen-bond acceptors (Lipinski definition) is 4. The lowest BCUT2D eigenvalue weighted by molar-refractivity contribution is 0.0735. The van der Waals surface area contributed by atoms with Crippen LogP contribution in [0.1, 0.15) is 22.8 Å². The highest BCUT2D eigenvalue weighted by Gasteiger charge is 2.09. The van der Waals surface area contributed by atoms with E-state index in [-0.39, 0.29) is 0 Å². The van der Waals surface area contributed by atoms with Crippen molar-refractivity contribution in [2.24, 2.45) is 0 Å². The number of carbonyl (C=O) groups is 1. The summed E-state index contributed by atoms with van der Waals surface area (Å²) in [6.45, 7) is 2.58. The molecule has 0 fully saturated rings. The molecule has 0 spiro atoms. The van der Waals surface area contributed by atoms with Gasteiger partial charge in [0.15, 0.2) is 0 Å². The van der Waals surface area contributed by atoms with Crippen molar-refractivity contribution in [3.05, 3.63) is 83.9 Å². The van der Waals surface area contributed by atoms with E-state index in [4.69, 9.17) is 14.7 Å². The Kier molecular flexibility index (Phi) is 5.31. The van der Waals surface area contributed by atoms with Crippen LogP contribution in [0.5, 0.6) is 11.5 Å². The van der Waals surface area contributed by atoms with Crippen LogP contribution in [0.2, 0.25) is 0 Å². The zero-order valence-electron chi connectivity index (χ0n) is 14.3. The van der Waals surface area contributed by atoms with Crippen molar-refractivity contribution in [1.82, 2.24) is 0 Å². The number of rotatable bonds is 5. The zero-order valence-corrected chi connectivity index (χ0v) is 14.3. The van der Waals surface area contributed by atoms with Gasteiger partial charge in [0.05, 0.1) is 23.8 Å². The molecule has 4 nitrogen and oxygen atoms in total. The molecular formula is C22H17NO3. The summed E-state index contributed by atoms with van der Waals surface area (Å²) in [7, 11) is 0. The topological polar surface area (TPSA) is 59.3 Å². The quantitative estimate of drug-likeness (QED) is 0.491. The third kappa shape index (κ3) is 4.08. The van der Waals surface area contributed by atoms with E-state index < -0.39 is 5.97 Å². The van der Waals surface area contributed by atoms with E-state index in [1.54, 1.807) is 36.4 Å². The van der Waals surface area contributed by atoms with Crippen LogP contribution in [0.25, 0.3) is 11.1 Å². The average Bonchev–Trinajstić information content (AvgIpc) is 2.69. The van der Waals surface area contributed by atoms with Crippen molar-refractivity contribution in [2.75, 3.05) is 6.61 Å². The second kappa shape index (κ2) is 8.00. The molecule has 0 aliphatic heterocycles. The van der Waals surface area contributed by atoms with Crippen LogP contribution in [0.15, 0.2) is 72.8 Å². The first-order chi connectivity index (χ1) is 12.7. The highest BCUT2D eigenvalue weighted by Crippen LogP contribution is 2.23. The van der Waals surface area contributed by atoms with E-state index in [0.29, 0.717) is 23.5 Å². The first kappa shape index (κ1) is 17.2. The van der Waals surface area contributed by atoms with E-state index in [1.165, 1.54) is 0 Å². The molecular weight excluding hydrogens is 326 g/mol. The first-order valence-electron chi connectivity index (χ1n) is 8.25. The molecule has 0 atom stereocenters. The smallest absolute Gasteiger partial charge is 0.343 e. The van der Waals surface area contributed by atoms with Gasteiger partial charge in [-0.25, -0.2) is 4.79 Å². The van der Waals surface area contributed by atoms with Crippen LogP contribution in [-0.2, 0) is 0 Å². The first-order valence-corrected chi connectivity index (χ1v) is 8.25. The fourth-order valence-electron chi connectivity index (χ4n) is 2.47. The molecule has 0 saturated heterocycles. The van der Waals surface area contributed by atoms with Crippen molar-refractivity contribution < 1.29 is 14.3 Å². The van der Waals surface area contributed by atoms with Crippen molar-refractivity contribution >= 4 is 5.97 Å². The summed E-state index contributed by atoms with van der Waals surface area (Å²) in [5.74, 6) is 0.802. The number of nitrogens with zero attached hydrogens (tertiary/aromatic N) is 1. The molecule has 0 aliphatic rings. The second-order valence-electron chi connectivity index (χ2n) is 5.56. The lowest BCUT2D eigenvalue weighted by Crippen LogP contribution is -2.08. The van der Waals surface area contributed by atoms with Crippen LogP contribution in [0.4, 0.5) is 0 Å². The summed E-state index contributed by atoms with van der Waals surface area (Å²) < 4.78 is 10.8. The van der Waals surface area contributed by atoms with Crippen molar-refractivity contribution in [2.45, 2.75) is 6.92 Å². The molecule has 26 heavy (non-hydrogen) atoms. The monoisotopic (exact) mass is 343 g/mol. The normalized spacial score (nSPS) is 10.0. The van der Waals surface area contributed by atoms with Gasteiger partial charge in [-0.05, 0) is 66.6 Å². The van der Waals surface area contributed by atoms with Crippen molar-refractivity contribution in [3.63, 3.8) is 0 Å². The van der Waals surface area contributed by atoms with Gasteiger partial charge in [-0.15, -0.1) is 0 Å². The van der Waals surface area contributed by atoms with Crippen LogP contribution >= 0.6 is 0 Å². The van der Waals surface area contributed by atoms with E-state index in [0.717, 1.165) is 16.9 Å². The number of ether oxygens (including phenoxy) is 2. The Hall–Kier alpha value is -3.58. The molecule has 3 aromatic carbocycles. The van der Waals surface area contributed by atoms with Gasteiger partial charge >= 0.3 is 5.97 Å². The molecule has 0 aliphatic carbocycles. The number of nitriles is 1. The Morgan fingerprint density at radius 2 is 1.38 bits per heavy atom. The Balaban J connectivity index is 1.70. The average molecular weight is 343 g/mol. The maximum atomic E-state index is 12.2. The Labute approximate surface area is 152 Å². The largest absolute Gasteiger partial charge is 0.494 e. The number of carbonyl (C=O) groups excluding carboxylic acids is 1. The predicted molar refractivity (Wildman–Crippen MR) is 99.2 cm³/mol. The molecule has 4 heteroatoms. The minimum absolute atomic E-state index is 0.407. The maximum absolute atomic E-state index is 12.2. The molecule has 0 unspecified atom stereocenters. The molecule has 0 heterocycles. The maximum Gasteiger partial charge on any atom is 0.343 e. The standard InChI is InChI=1S/C22H17NO3/c1-2-25-20-13-9-18(10-14-20)17-5-7-19(8-6-17)22(24)26-21-11-3-16(15-23)4-12-21/h3-14H,2H2,1H3. The van der Waals surface area contributed by atoms with Crippen LogP contribution in [-0.4, -0.2) is 12.6 Å². The van der Waals surface area contributed by atoms with Crippen molar-refractivity contribution in [1.29, 1.82) is 5.26 Å². The van der Waals surface area contributed by atoms with Gasteiger partial charge in [-0.1, -0.05) is 24.3 Å². The van der Waals surface area contributed by atoms with E-state index >= 15 is 0 Å². The SMILES string of the molecule is CCOc1ccc(-c2ccc(C(=O)Oc3ccc(C#N)cc3)cc2)cc1. The summed E-state index contributed by atoms with van der Waals surface area (Å²) in [6, 6.07) is 23.5. The van der Waals surface area contributed by atoms with Gasteiger partial charge in [-0.2, -0.15) is 5.26 Å². The highest BCUT2D eigenvalue weighted by molar-refractivity contribution is 5.91. The Morgan fingerprint density at radius 1 is 0.846 bits per heavy atom. The fraction of sp³-hybridized carbons (Fsp3) is 0.0909. The van der Waals surface area contributed by atoms with Crippen LogP contribution < -0.4 is 9.47 Å². The molecule has 0 saturated carbocycles. The van der Waals surface area contributed by atoms with Gasteiger partial charge in [0.25, 0.3) is 0 Å². The molecule has 0 radical (unpaired) electrons. The highest BCUT2D eigenvalue weighted by atomic mass is 16.5. The predicted octanol–water partition coefficient (Wildman–Crippen LogP) is 4.84. The van der Waals surface area contributed by atoms with Gasteiger partial charge in [0.2, 0.25) is 0 Å². The summed E-state index contributed by atoms with van der Waals surface area (Å²) >= 11 is 0. The molecule has 3 rings (SSSR count). The minimum atomic E-state index is -0.437. The van der Waals surface area contributed by atoms with E-state index in [1.807, 2.05) is 49.4 Å². The molecule has 0 N–H and O–H groups in total. The van der Waals surface area contributed by atoms with E-state index in [9.17, 15) is 4.79 Å². The van der Waals surface area contributed by atoms with Gasteiger partial charge < -0.3 is 9.47 Å². The summed E-state index contributed by atoms with van der Waals surface area (Å²) in [5.41, 5.74) is 3.02. The summed E-state index contributed by atoms with van der Waals surface area (Å²) in [5, 5.41) is 8.79. The number of esters is 1. The lowest BCUT2D eigenvalue weighted by Gasteiger charge is -2.07. The minimum Gasteiger partial charge on any atom is -0.494 e. The molecule has 0 bridgehead atoms. The summed E-state index contributed by atoms with van der Waals surface area (Å²) in [4.78, 5) is 12.2. The van der Waals surface area contributed by atoms with E-state index in [2.05, 4.69) is 0 Å². The van der Waals surface area contributed by atoms with Gasteiger partial charge in [0, 0.05) is 0 Å². The Bertz CT molecular complexity index is 921. The second-order valence-corrected chi connectivity index (χ2v) is 5.56. The molecule has 128 valence electrons. The van der Waals surface area contributed by atoms with Crippen molar-refractivity contribution in [3.8, 4) is 28.7 Å². The molecule has 0 aromatic heterocycles. The molecule has 3 aromatic rings. The number of benzene rings is 3. The zero-order chi connectivity index (χ0) is 18.4.